The van der Waals surface area contributed by atoms with Crippen molar-refractivity contribution in [1.82, 2.24) is 20.4 Å². The van der Waals surface area contributed by atoms with Crippen LogP contribution in [0.25, 0.3) is 0 Å². The molecule has 0 aliphatic rings. The van der Waals surface area contributed by atoms with E-state index in [2.05, 4.69) is 21.7 Å². The fraction of sp³-hybridized carbons (Fsp3) is 0.417. The molecule has 7 heteroatoms. The minimum atomic E-state index is -1.15. The Morgan fingerprint density at radius 1 is 1.53 bits per heavy atom. The zero-order valence-corrected chi connectivity index (χ0v) is 10.4. The van der Waals surface area contributed by atoms with E-state index < -0.39 is 18.0 Å². The smallest absolute Gasteiger partial charge is 0.327 e. The van der Waals surface area contributed by atoms with Gasteiger partial charge in [-0.05, 0) is 12.5 Å². The van der Waals surface area contributed by atoms with Crippen LogP contribution in [0.3, 0.4) is 0 Å². The summed E-state index contributed by atoms with van der Waals surface area (Å²) in [6.07, 6.45) is 9.18. The topological polar surface area (TPSA) is 96.3 Å². The fourth-order valence-corrected chi connectivity index (χ4v) is 1.40. The molecule has 7 nitrogen and oxygen atoms in total. The van der Waals surface area contributed by atoms with Gasteiger partial charge in [0.25, 0.3) is 0 Å². The average molecular weight is 264 g/mol. The van der Waals surface area contributed by atoms with Gasteiger partial charge in [0.1, 0.15) is 6.04 Å². The highest BCUT2D eigenvalue weighted by atomic mass is 16.4. The number of rotatable bonds is 7. The van der Waals surface area contributed by atoms with Crippen LogP contribution in [0.2, 0.25) is 0 Å². The predicted octanol–water partition coefficient (Wildman–Crippen LogP) is 0.0489. The van der Waals surface area contributed by atoms with E-state index in [1.165, 1.54) is 0 Å². The molecule has 1 aromatic heterocycles. The predicted molar refractivity (Wildman–Crippen MR) is 68.3 cm³/mol. The van der Waals surface area contributed by atoms with Crippen LogP contribution in [-0.2, 0) is 11.3 Å². The van der Waals surface area contributed by atoms with Gasteiger partial charge in [-0.25, -0.2) is 9.59 Å². The number of amides is 2. The van der Waals surface area contributed by atoms with Gasteiger partial charge in [0, 0.05) is 31.9 Å². The van der Waals surface area contributed by atoms with Gasteiger partial charge in [0.15, 0.2) is 0 Å². The molecule has 0 saturated heterocycles. The molecule has 1 rings (SSSR count). The number of carbonyl (C=O) groups is 2. The van der Waals surface area contributed by atoms with Crippen LogP contribution in [0, 0.1) is 12.3 Å². The maximum Gasteiger partial charge on any atom is 0.327 e. The molecule has 0 spiro atoms. The highest BCUT2D eigenvalue weighted by molar-refractivity contribution is 5.82. The van der Waals surface area contributed by atoms with Gasteiger partial charge < -0.3 is 15.7 Å². The Hall–Kier alpha value is -2.49. The Morgan fingerprint density at radius 2 is 2.32 bits per heavy atom. The third kappa shape index (κ3) is 5.59. The third-order valence-electron chi connectivity index (χ3n) is 2.33. The third-order valence-corrected chi connectivity index (χ3v) is 2.33. The molecule has 0 aliphatic heterocycles. The first-order valence-corrected chi connectivity index (χ1v) is 5.81. The van der Waals surface area contributed by atoms with Gasteiger partial charge in [-0.15, -0.1) is 12.3 Å². The van der Waals surface area contributed by atoms with Crippen LogP contribution >= 0.6 is 0 Å². The number of nitrogens with zero attached hydrogens (tertiary/aromatic N) is 2. The molecule has 1 unspecified atom stereocenters. The summed E-state index contributed by atoms with van der Waals surface area (Å²) in [5.41, 5.74) is 0. The Balaban J connectivity index is 2.20. The van der Waals surface area contributed by atoms with E-state index in [0.29, 0.717) is 19.5 Å². The number of carbonyl (C=O) groups excluding carboxylic acids is 1. The summed E-state index contributed by atoms with van der Waals surface area (Å²) >= 11 is 0. The Kier molecular flexibility index (Phi) is 5.95. The van der Waals surface area contributed by atoms with Crippen LogP contribution in [-0.4, -0.2) is 39.5 Å². The van der Waals surface area contributed by atoms with Crippen LogP contribution < -0.4 is 10.6 Å². The summed E-state index contributed by atoms with van der Waals surface area (Å²) in [5.74, 6) is 1.06. The minimum absolute atomic E-state index is 0.0456. The van der Waals surface area contributed by atoms with Gasteiger partial charge in [-0.3, -0.25) is 4.68 Å². The van der Waals surface area contributed by atoms with Crippen molar-refractivity contribution in [3.05, 3.63) is 18.5 Å². The molecule has 0 saturated carbocycles. The minimum Gasteiger partial charge on any atom is -0.480 e. The number of hydrogen-bond donors (Lipinski definition) is 3. The lowest BCUT2D eigenvalue weighted by molar-refractivity contribution is -0.139. The first-order valence-electron chi connectivity index (χ1n) is 5.81. The molecule has 0 radical (unpaired) electrons. The van der Waals surface area contributed by atoms with Crippen LogP contribution in [0.4, 0.5) is 4.79 Å². The SMILES string of the molecule is C#CCC(NC(=O)NCCCn1cccn1)C(=O)O. The lowest BCUT2D eigenvalue weighted by Gasteiger charge is -2.12. The number of carboxylic acids is 1. The molecule has 0 fully saturated rings. The molecule has 1 aromatic rings. The Labute approximate surface area is 111 Å². The Bertz CT molecular complexity index is 450. The van der Waals surface area contributed by atoms with E-state index in [-0.39, 0.29) is 6.42 Å². The van der Waals surface area contributed by atoms with Gasteiger partial charge in [0.05, 0.1) is 0 Å². The fourth-order valence-electron chi connectivity index (χ4n) is 1.40. The molecular formula is C12H16N4O3. The molecule has 3 N–H and O–H groups in total. The van der Waals surface area contributed by atoms with E-state index in [1.807, 2.05) is 12.3 Å². The van der Waals surface area contributed by atoms with E-state index in [9.17, 15) is 9.59 Å². The number of terminal acetylenes is 1. The maximum absolute atomic E-state index is 11.4. The van der Waals surface area contributed by atoms with E-state index in [0.717, 1.165) is 0 Å². The number of hydrogen-bond acceptors (Lipinski definition) is 3. The maximum atomic E-state index is 11.4. The lowest BCUT2D eigenvalue weighted by atomic mass is 10.2. The highest BCUT2D eigenvalue weighted by Crippen LogP contribution is 1.91. The lowest BCUT2D eigenvalue weighted by Crippen LogP contribution is -2.46. The van der Waals surface area contributed by atoms with Crippen LogP contribution in [0.1, 0.15) is 12.8 Å². The normalized spacial score (nSPS) is 11.3. The summed E-state index contributed by atoms with van der Waals surface area (Å²) in [5, 5.41) is 17.7. The molecule has 1 heterocycles. The average Bonchev–Trinajstić information content (AvgIpc) is 2.87. The summed E-state index contributed by atoms with van der Waals surface area (Å²) < 4.78 is 1.75. The van der Waals surface area contributed by atoms with Crippen molar-refractivity contribution >= 4 is 12.0 Å². The first-order chi connectivity index (χ1) is 9.13. The van der Waals surface area contributed by atoms with Crippen molar-refractivity contribution in [3.8, 4) is 12.3 Å². The summed E-state index contributed by atoms with van der Waals surface area (Å²) in [6.45, 7) is 1.11. The number of aliphatic carboxylic acids is 1. The second kappa shape index (κ2) is 7.76. The number of urea groups is 1. The van der Waals surface area contributed by atoms with Crippen molar-refractivity contribution in [1.29, 1.82) is 0 Å². The quantitative estimate of drug-likeness (QED) is 0.479. The molecule has 0 aliphatic carbocycles. The molecule has 2 amide bonds. The van der Waals surface area contributed by atoms with Crippen molar-refractivity contribution in [2.45, 2.75) is 25.4 Å². The second-order valence-corrected chi connectivity index (χ2v) is 3.82. The summed E-state index contributed by atoms with van der Waals surface area (Å²) in [7, 11) is 0. The zero-order valence-electron chi connectivity index (χ0n) is 10.4. The summed E-state index contributed by atoms with van der Waals surface area (Å²) in [4.78, 5) is 22.2. The number of aryl methyl sites for hydroxylation is 1. The highest BCUT2D eigenvalue weighted by Gasteiger charge is 2.18. The van der Waals surface area contributed by atoms with E-state index in [1.54, 1.807) is 10.9 Å². The number of carboxylic acid groups (broad SMARTS) is 1. The Morgan fingerprint density at radius 3 is 2.89 bits per heavy atom. The summed E-state index contributed by atoms with van der Waals surface area (Å²) in [6, 6.07) is 0.219. The molecule has 19 heavy (non-hydrogen) atoms. The van der Waals surface area contributed by atoms with Crippen LogP contribution in [0.15, 0.2) is 18.5 Å². The molecule has 1 atom stereocenters. The number of nitrogens with one attached hydrogen (secondary N) is 2. The van der Waals surface area contributed by atoms with Crippen molar-refractivity contribution in [2.75, 3.05) is 6.54 Å². The molecular weight excluding hydrogens is 248 g/mol. The number of aromatic nitrogens is 2. The van der Waals surface area contributed by atoms with Gasteiger partial charge >= 0.3 is 12.0 Å². The largest absolute Gasteiger partial charge is 0.480 e. The molecule has 0 bridgehead atoms. The van der Waals surface area contributed by atoms with Gasteiger partial charge in [0.2, 0.25) is 0 Å². The standard InChI is InChI=1S/C12H16N4O3/c1-2-5-10(11(17)18)15-12(19)13-6-3-8-16-9-4-7-14-16/h1,4,7,9-10H,3,5-6,8H2,(H,17,18)(H2,13,15,19). The first kappa shape index (κ1) is 14.6. The van der Waals surface area contributed by atoms with Gasteiger partial charge in [-0.1, -0.05) is 0 Å². The second-order valence-electron chi connectivity index (χ2n) is 3.82. The van der Waals surface area contributed by atoms with E-state index >= 15 is 0 Å². The van der Waals surface area contributed by atoms with Crippen molar-refractivity contribution < 1.29 is 14.7 Å². The molecule has 102 valence electrons. The van der Waals surface area contributed by atoms with Gasteiger partial charge in [-0.2, -0.15) is 5.10 Å². The monoisotopic (exact) mass is 264 g/mol. The zero-order chi connectivity index (χ0) is 14.1. The van der Waals surface area contributed by atoms with Crippen molar-refractivity contribution in [2.24, 2.45) is 0 Å². The van der Waals surface area contributed by atoms with E-state index in [4.69, 9.17) is 11.5 Å². The van der Waals surface area contributed by atoms with Crippen LogP contribution in [0.5, 0.6) is 0 Å². The molecule has 0 aromatic carbocycles. The van der Waals surface area contributed by atoms with Crippen molar-refractivity contribution in [3.63, 3.8) is 0 Å².